The number of hydrogen-bond acceptors (Lipinski definition) is 5. The van der Waals surface area contributed by atoms with E-state index < -0.39 is 0 Å². The number of hydrogen-bond donors (Lipinski definition) is 1. The van der Waals surface area contributed by atoms with E-state index in [0.29, 0.717) is 30.2 Å². The van der Waals surface area contributed by atoms with Gasteiger partial charge in [0.1, 0.15) is 12.4 Å². The third kappa shape index (κ3) is 4.01. The standard InChI is InChI=1S/C14H19N5O2/c1-3-8-15-14(20)11-6-5-7-12(9-11)21-10-13-16-17-18-19(13)4-2/h5-7,9H,3-4,8,10H2,1-2H3,(H,15,20). The molecule has 0 unspecified atom stereocenters. The summed E-state index contributed by atoms with van der Waals surface area (Å²) in [6, 6.07) is 7.06. The van der Waals surface area contributed by atoms with Crippen molar-refractivity contribution < 1.29 is 9.53 Å². The molecule has 0 aliphatic heterocycles. The van der Waals surface area contributed by atoms with Gasteiger partial charge in [-0.25, -0.2) is 4.68 Å². The lowest BCUT2D eigenvalue weighted by molar-refractivity contribution is 0.0953. The van der Waals surface area contributed by atoms with Crippen LogP contribution in [0, 0.1) is 0 Å². The summed E-state index contributed by atoms with van der Waals surface area (Å²) in [7, 11) is 0. The highest BCUT2D eigenvalue weighted by Crippen LogP contribution is 2.14. The molecule has 1 heterocycles. The fourth-order valence-electron chi connectivity index (χ4n) is 1.79. The lowest BCUT2D eigenvalue weighted by atomic mass is 10.2. The fraction of sp³-hybridized carbons (Fsp3) is 0.429. The van der Waals surface area contributed by atoms with E-state index >= 15 is 0 Å². The molecule has 2 aromatic rings. The Bertz CT molecular complexity index is 597. The molecule has 7 heteroatoms. The number of tetrazole rings is 1. The minimum absolute atomic E-state index is 0.0966. The van der Waals surface area contributed by atoms with Gasteiger partial charge < -0.3 is 10.1 Å². The molecule has 1 N–H and O–H groups in total. The van der Waals surface area contributed by atoms with Crippen LogP contribution < -0.4 is 10.1 Å². The lowest BCUT2D eigenvalue weighted by Gasteiger charge is -2.08. The molecule has 0 aliphatic rings. The van der Waals surface area contributed by atoms with E-state index in [2.05, 4.69) is 20.8 Å². The Morgan fingerprint density at radius 2 is 2.24 bits per heavy atom. The zero-order valence-electron chi connectivity index (χ0n) is 12.2. The number of nitrogens with zero attached hydrogens (tertiary/aromatic N) is 4. The second kappa shape index (κ2) is 7.37. The van der Waals surface area contributed by atoms with Gasteiger partial charge in [-0.05, 0) is 42.0 Å². The van der Waals surface area contributed by atoms with Crippen molar-refractivity contribution in [2.45, 2.75) is 33.4 Å². The Labute approximate surface area is 123 Å². The molecule has 0 atom stereocenters. The number of carbonyl (C=O) groups is 1. The quantitative estimate of drug-likeness (QED) is 0.833. The molecule has 0 radical (unpaired) electrons. The summed E-state index contributed by atoms with van der Waals surface area (Å²) in [5.41, 5.74) is 0.580. The Kier molecular flexibility index (Phi) is 5.25. The van der Waals surface area contributed by atoms with Crippen molar-refractivity contribution in [3.63, 3.8) is 0 Å². The summed E-state index contributed by atoms with van der Waals surface area (Å²) in [5.74, 6) is 1.17. The lowest BCUT2D eigenvalue weighted by Crippen LogP contribution is -2.23. The van der Waals surface area contributed by atoms with Crippen LogP contribution in [0.1, 0.15) is 36.5 Å². The second-order valence-electron chi connectivity index (χ2n) is 4.48. The smallest absolute Gasteiger partial charge is 0.251 e. The van der Waals surface area contributed by atoms with Crippen LogP contribution in [0.15, 0.2) is 24.3 Å². The van der Waals surface area contributed by atoms with Gasteiger partial charge in [0.25, 0.3) is 5.91 Å². The van der Waals surface area contributed by atoms with Crippen molar-refractivity contribution in [3.8, 4) is 5.75 Å². The number of aryl methyl sites for hydroxylation is 1. The molecular weight excluding hydrogens is 270 g/mol. The van der Waals surface area contributed by atoms with Gasteiger partial charge in [-0.2, -0.15) is 0 Å². The van der Waals surface area contributed by atoms with Gasteiger partial charge in [0.05, 0.1) is 0 Å². The van der Waals surface area contributed by atoms with Gasteiger partial charge >= 0.3 is 0 Å². The van der Waals surface area contributed by atoms with E-state index in [1.54, 1.807) is 28.9 Å². The summed E-state index contributed by atoms with van der Waals surface area (Å²) in [4.78, 5) is 11.9. The number of benzene rings is 1. The summed E-state index contributed by atoms with van der Waals surface area (Å²) in [6.45, 7) is 5.58. The molecule has 0 spiro atoms. The van der Waals surface area contributed by atoms with Gasteiger partial charge in [-0.1, -0.05) is 13.0 Å². The molecule has 21 heavy (non-hydrogen) atoms. The number of ether oxygens (including phenoxy) is 1. The molecule has 1 amide bonds. The second-order valence-corrected chi connectivity index (χ2v) is 4.48. The third-order valence-corrected chi connectivity index (χ3v) is 2.91. The normalized spacial score (nSPS) is 10.4. The van der Waals surface area contributed by atoms with Crippen LogP contribution in [0.2, 0.25) is 0 Å². The van der Waals surface area contributed by atoms with Crippen LogP contribution in [0.4, 0.5) is 0 Å². The predicted molar refractivity (Wildman–Crippen MR) is 76.9 cm³/mol. The van der Waals surface area contributed by atoms with Crippen LogP contribution in [-0.4, -0.2) is 32.7 Å². The van der Waals surface area contributed by atoms with Crippen molar-refractivity contribution in [3.05, 3.63) is 35.7 Å². The van der Waals surface area contributed by atoms with E-state index in [1.807, 2.05) is 13.8 Å². The topological polar surface area (TPSA) is 81.9 Å². The van der Waals surface area contributed by atoms with E-state index in [1.165, 1.54) is 0 Å². The van der Waals surface area contributed by atoms with E-state index in [0.717, 1.165) is 6.42 Å². The van der Waals surface area contributed by atoms with Crippen LogP contribution in [0.3, 0.4) is 0 Å². The van der Waals surface area contributed by atoms with E-state index in [4.69, 9.17) is 4.74 Å². The van der Waals surface area contributed by atoms with E-state index in [-0.39, 0.29) is 12.5 Å². The average molecular weight is 289 g/mol. The van der Waals surface area contributed by atoms with Crippen LogP contribution in [0.25, 0.3) is 0 Å². The minimum Gasteiger partial charge on any atom is -0.486 e. The Morgan fingerprint density at radius 1 is 1.38 bits per heavy atom. The minimum atomic E-state index is -0.0966. The average Bonchev–Trinajstić information content (AvgIpc) is 2.98. The van der Waals surface area contributed by atoms with Crippen molar-refractivity contribution in [2.75, 3.05) is 6.54 Å². The summed E-state index contributed by atoms with van der Waals surface area (Å²) < 4.78 is 7.31. The summed E-state index contributed by atoms with van der Waals surface area (Å²) in [6.07, 6.45) is 0.904. The van der Waals surface area contributed by atoms with Gasteiger partial charge in [-0.15, -0.1) is 5.10 Å². The first kappa shape index (κ1) is 15.0. The largest absolute Gasteiger partial charge is 0.486 e. The van der Waals surface area contributed by atoms with Crippen molar-refractivity contribution in [2.24, 2.45) is 0 Å². The zero-order chi connectivity index (χ0) is 15.1. The van der Waals surface area contributed by atoms with Gasteiger partial charge in [-0.3, -0.25) is 4.79 Å². The molecule has 0 saturated heterocycles. The highest BCUT2D eigenvalue weighted by molar-refractivity contribution is 5.94. The number of rotatable bonds is 7. The predicted octanol–water partition coefficient (Wildman–Crippen LogP) is 1.41. The first-order valence-electron chi connectivity index (χ1n) is 7.00. The maximum absolute atomic E-state index is 11.9. The van der Waals surface area contributed by atoms with Gasteiger partial charge in [0, 0.05) is 18.7 Å². The molecule has 1 aromatic heterocycles. The molecule has 0 saturated carbocycles. The maximum Gasteiger partial charge on any atom is 0.251 e. The summed E-state index contributed by atoms with van der Waals surface area (Å²) >= 11 is 0. The Morgan fingerprint density at radius 3 is 3.00 bits per heavy atom. The van der Waals surface area contributed by atoms with Crippen molar-refractivity contribution in [1.29, 1.82) is 0 Å². The maximum atomic E-state index is 11.9. The summed E-state index contributed by atoms with van der Waals surface area (Å²) in [5, 5.41) is 14.2. The van der Waals surface area contributed by atoms with Gasteiger partial charge in [0.2, 0.25) is 0 Å². The van der Waals surface area contributed by atoms with Gasteiger partial charge in [0.15, 0.2) is 5.82 Å². The van der Waals surface area contributed by atoms with E-state index in [9.17, 15) is 4.79 Å². The first-order valence-corrected chi connectivity index (χ1v) is 7.00. The molecule has 2 rings (SSSR count). The molecular formula is C14H19N5O2. The van der Waals surface area contributed by atoms with Crippen molar-refractivity contribution in [1.82, 2.24) is 25.5 Å². The van der Waals surface area contributed by atoms with Crippen LogP contribution >= 0.6 is 0 Å². The fourth-order valence-corrected chi connectivity index (χ4v) is 1.79. The van der Waals surface area contributed by atoms with Crippen molar-refractivity contribution >= 4 is 5.91 Å². The van der Waals surface area contributed by atoms with Crippen LogP contribution in [0.5, 0.6) is 5.75 Å². The third-order valence-electron chi connectivity index (χ3n) is 2.91. The number of carbonyl (C=O) groups excluding carboxylic acids is 1. The SMILES string of the molecule is CCCNC(=O)c1cccc(OCc2nnnn2CC)c1. The highest BCUT2D eigenvalue weighted by atomic mass is 16.5. The molecule has 1 aromatic carbocycles. The number of nitrogens with one attached hydrogen (secondary N) is 1. The first-order chi connectivity index (χ1) is 10.2. The Balaban J connectivity index is 1.99. The molecule has 112 valence electrons. The highest BCUT2D eigenvalue weighted by Gasteiger charge is 2.08. The molecule has 7 nitrogen and oxygen atoms in total. The monoisotopic (exact) mass is 289 g/mol. The zero-order valence-corrected chi connectivity index (χ0v) is 12.2. The number of aromatic nitrogens is 4. The Hall–Kier alpha value is -2.44. The number of amides is 1. The molecule has 0 aliphatic carbocycles. The molecule has 0 bridgehead atoms. The van der Waals surface area contributed by atoms with Crippen LogP contribution in [-0.2, 0) is 13.2 Å². The molecule has 0 fully saturated rings.